The second-order valence-corrected chi connectivity index (χ2v) is 11.5. The van der Waals surface area contributed by atoms with Gasteiger partial charge in [0.2, 0.25) is 0 Å². The van der Waals surface area contributed by atoms with Gasteiger partial charge >= 0.3 is 0 Å². The summed E-state index contributed by atoms with van der Waals surface area (Å²) in [7, 11) is 0. The van der Waals surface area contributed by atoms with Crippen molar-refractivity contribution in [2.75, 3.05) is 11.5 Å². The summed E-state index contributed by atoms with van der Waals surface area (Å²) in [5.74, 6) is 2.31. The zero-order chi connectivity index (χ0) is 25.7. The van der Waals surface area contributed by atoms with Crippen molar-refractivity contribution in [1.29, 1.82) is 0 Å². The van der Waals surface area contributed by atoms with Gasteiger partial charge in [0.1, 0.15) is 0 Å². The van der Waals surface area contributed by atoms with E-state index in [9.17, 15) is 10.2 Å². The van der Waals surface area contributed by atoms with Crippen molar-refractivity contribution in [3.63, 3.8) is 0 Å². The number of hydrogen-bond acceptors (Lipinski definition) is 3. The maximum Gasteiger partial charge on any atom is 0.0857 e. The van der Waals surface area contributed by atoms with E-state index in [1.807, 2.05) is 67.6 Å². The Bertz CT molecular complexity index is 750. The summed E-state index contributed by atoms with van der Waals surface area (Å²) in [5, 5.41) is 22.0. The van der Waals surface area contributed by atoms with Gasteiger partial charge in [0, 0.05) is 11.4 Å². The van der Waals surface area contributed by atoms with Crippen molar-refractivity contribution < 1.29 is 10.2 Å². The van der Waals surface area contributed by atoms with Gasteiger partial charge in [-0.2, -0.15) is 0 Å². The highest BCUT2D eigenvalue weighted by Crippen LogP contribution is 2.34. The molecule has 0 saturated carbocycles. The monoisotopic (exact) mass is 481 g/mol. The molecule has 3 nitrogen and oxygen atoms in total. The van der Waals surface area contributed by atoms with E-state index in [1.165, 1.54) is 38.5 Å². The molecule has 0 bridgehead atoms. The SMILES string of the molecule is CC(C)CCCC(C)CCCC(C)CCCC(C)(O)C(CO)N(c1ccccc1)c1ccccc1. The molecule has 0 fully saturated rings. The Morgan fingerprint density at radius 1 is 0.686 bits per heavy atom. The van der Waals surface area contributed by atoms with E-state index < -0.39 is 11.6 Å². The summed E-state index contributed by atoms with van der Waals surface area (Å²) in [6, 6.07) is 19.7. The Morgan fingerprint density at radius 2 is 1.11 bits per heavy atom. The topological polar surface area (TPSA) is 43.7 Å². The molecule has 0 spiro atoms. The highest BCUT2D eigenvalue weighted by Gasteiger charge is 2.36. The van der Waals surface area contributed by atoms with Crippen LogP contribution in [-0.4, -0.2) is 28.5 Å². The minimum Gasteiger partial charge on any atom is -0.394 e. The molecule has 2 N–H and O–H groups in total. The van der Waals surface area contributed by atoms with E-state index >= 15 is 0 Å². The lowest BCUT2D eigenvalue weighted by atomic mass is 9.86. The minimum absolute atomic E-state index is 0.110. The van der Waals surface area contributed by atoms with Crippen LogP contribution in [0.5, 0.6) is 0 Å². The molecule has 2 rings (SSSR count). The third-order valence-corrected chi connectivity index (χ3v) is 7.52. The molecule has 0 aliphatic rings. The molecule has 0 heterocycles. The van der Waals surface area contributed by atoms with Crippen LogP contribution in [-0.2, 0) is 0 Å². The summed E-state index contributed by atoms with van der Waals surface area (Å²) in [5.41, 5.74) is 0.952. The van der Waals surface area contributed by atoms with Crippen LogP contribution >= 0.6 is 0 Å². The predicted octanol–water partition coefficient (Wildman–Crippen LogP) is 8.38. The molecule has 0 aromatic heterocycles. The summed E-state index contributed by atoms with van der Waals surface area (Å²) in [4.78, 5) is 2.09. The number of para-hydroxylation sites is 2. The summed E-state index contributed by atoms with van der Waals surface area (Å²) < 4.78 is 0. The van der Waals surface area contributed by atoms with Crippen molar-refractivity contribution in [2.45, 2.75) is 104 Å². The lowest BCUT2D eigenvalue weighted by Crippen LogP contribution is -2.51. The summed E-state index contributed by atoms with van der Waals surface area (Å²) in [6.45, 7) is 11.2. The van der Waals surface area contributed by atoms with Gasteiger partial charge in [-0.1, -0.05) is 115 Å². The van der Waals surface area contributed by atoms with Crippen LogP contribution in [0.2, 0.25) is 0 Å². The van der Waals surface area contributed by atoms with Crippen molar-refractivity contribution in [1.82, 2.24) is 0 Å². The van der Waals surface area contributed by atoms with Gasteiger partial charge < -0.3 is 15.1 Å². The maximum absolute atomic E-state index is 11.5. The second kappa shape index (κ2) is 15.3. The second-order valence-electron chi connectivity index (χ2n) is 11.5. The van der Waals surface area contributed by atoms with Crippen LogP contribution in [0.15, 0.2) is 60.7 Å². The number of anilines is 2. The van der Waals surface area contributed by atoms with Gasteiger partial charge in [0.25, 0.3) is 0 Å². The van der Waals surface area contributed by atoms with Crippen LogP contribution in [0.3, 0.4) is 0 Å². The highest BCUT2D eigenvalue weighted by molar-refractivity contribution is 5.64. The Labute approximate surface area is 215 Å². The average Bonchev–Trinajstić information content (AvgIpc) is 2.83. The third kappa shape index (κ3) is 10.4. The first-order valence-electron chi connectivity index (χ1n) is 14.0. The van der Waals surface area contributed by atoms with Gasteiger partial charge in [-0.05, 0) is 55.4 Å². The number of aliphatic hydroxyl groups is 2. The van der Waals surface area contributed by atoms with E-state index in [-0.39, 0.29) is 6.61 Å². The molecule has 3 heteroatoms. The number of aliphatic hydroxyl groups excluding tert-OH is 1. The Kier molecular flexibility index (Phi) is 12.9. The van der Waals surface area contributed by atoms with Gasteiger partial charge in [-0.3, -0.25) is 0 Å². The molecule has 0 amide bonds. The highest BCUT2D eigenvalue weighted by atomic mass is 16.3. The van der Waals surface area contributed by atoms with Gasteiger partial charge in [-0.15, -0.1) is 0 Å². The lowest BCUT2D eigenvalue weighted by molar-refractivity contribution is 0.00311. The van der Waals surface area contributed by atoms with Crippen LogP contribution in [0.25, 0.3) is 0 Å². The molecule has 2 aromatic rings. The van der Waals surface area contributed by atoms with Crippen LogP contribution in [0.1, 0.15) is 92.4 Å². The summed E-state index contributed by atoms with van der Waals surface area (Å²) in [6.07, 6.45) is 10.7. The van der Waals surface area contributed by atoms with E-state index in [4.69, 9.17) is 0 Å². The molecule has 0 saturated heterocycles. The molecule has 196 valence electrons. The molecule has 0 aliphatic carbocycles. The van der Waals surface area contributed by atoms with E-state index in [2.05, 4.69) is 32.6 Å². The fourth-order valence-electron chi connectivity index (χ4n) is 5.20. The fraction of sp³-hybridized carbons (Fsp3) is 0.625. The minimum atomic E-state index is -1.01. The summed E-state index contributed by atoms with van der Waals surface area (Å²) >= 11 is 0. The number of benzene rings is 2. The lowest BCUT2D eigenvalue weighted by Gasteiger charge is -2.41. The van der Waals surface area contributed by atoms with Crippen LogP contribution in [0, 0.1) is 17.8 Å². The molecule has 0 aliphatic heterocycles. The normalized spacial score (nSPS) is 16.0. The first-order chi connectivity index (χ1) is 16.7. The van der Waals surface area contributed by atoms with Crippen LogP contribution in [0.4, 0.5) is 11.4 Å². The van der Waals surface area contributed by atoms with Crippen LogP contribution < -0.4 is 4.90 Å². The molecule has 2 aromatic carbocycles. The standard InChI is InChI=1S/C32H51NO2/c1-26(2)15-12-16-27(3)17-13-18-28(4)19-14-24-32(5,35)31(25-34)33(29-20-8-6-9-21-29)30-22-10-7-11-23-30/h6-11,20-23,26-28,31,34-35H,12-19,24-25H2,1-5H3. The van der Waals surface area contributed by atoms with Crippen molar-refractivity contribution >= 4 is 11.4 Å². The van der Waals surface area contributed by atoms with E-state index in [0.717, 1.165) is 36.1 Å². The first kappa shape index (κ1) is 29.4. The Balaban J connectivity index is 1.88. The van der Waals surface area contributed by atoms with Crippen molar-refractivity contribution in [3.05, 3.63) is 60.7 Å². The zero-order valence-corrected chi connectivity index (χ0v) is 23.0. The maximum atomic E-state index is 11.5. The van der Waals surface area contributed by atoms with Gasteiger partial charge in [-0.25, -0.2) is 0 Å². The van der Waals surface area contributed by atoms with E-state index in [0.29, 0.717) is 12.3 Å². The van der Waals surface area contributed by atoms with Crippen molar-refractivity contribution in [2.24, 2.45) is 17.8 Å². The molecule has 0 radical (unpaired) electrons. The molecule has 4 atom stereocenters. The first-order valence-corrected chi connectivity index (χ1v) is 14.0. The van der Waals surface area contributed by atoms with E-state index in [1.54, 1.807) is 0 Å². The smallest absolute Gasteiger partial charge is 0.0857 e. The Hall–Kier alpha value is -1.84. The molecule has 35 heavy (non-hydrogen) atoms. The Morgan fingerprint density at radius 3 is 1.54 bits per heavy atom. The fourth-order valence-corrected chi connectivity index (χ4v) is 5.20. The van der Waals surface area contributed by atoms with Gasteiger partial charge in [0.15, 0.2) is 0 Å². The largest absolute Gasteiger partial charge is 0.394 e. The number of hydrogen-bond donors (Lipinski definition) is 2. The number of nitrogens with zero attached hydrogens (tertiary/aromatic N) is 1. The molecular formula is C32H51NO2. The predicted molar refractivity (Wildman–Crippen MR) is 151 cm³/mol. The average molecular weight is 482 g/mol. The quantitative estimate of drug-likeness (QED) is 0.238. The zero-order valence-electron chi connectivity index (χ0n) is 23.0. The van der Waals surface area contributed by atoms with Crippen molar-refractivity contribution in [3.8, 4) is 0 Å². The molecule has 4 unspecified atom stereocenters. The third-order valence-electron chi connectivity index (χ3n) is 7.52. The number of rotatable bonds is 17. The van der Waals surface area contributed by atoms with Gasteiger partial charge in [0.05, 0.1) is 18.2 Å². The molecular weight excluding hydrogens is 430 g/mol.